The van der Waals surface area contributed by atoms with Crippen LogP contribution in [0.25, 0.3) is 0 Å². The van der Waals surface area contributed by atoms with Gasteiger partial charge >= 0.3 is 5.97 Å². The summed E-state index contributed by atoms with van der Waals surface area (Å²) in [6.07, 6.45) is 6.21. The first-order valence-corrected chi connectivity index (χ1v) is 9.87. The smallest absolute Gasteiger partial charge is 0.339 e. The SMILES string of the molecule is CC(NC(=O)c1ccccc1SCc1occc1C(=O)O)C1CCCC1. The van der Waals surface area contributed by atoms with Crippen LogP contribution in [0.4, 0.5) is 0 Å². The Kier molecular flexibility index (Phi) is 6.04. The first-order valence-electron chi connectivity index (χ1n) is 8.88. The lowest BCUT2D eigenvalue weighted by Crippen LogP contribution is -2.37. The quantitative estimate of drug-likeness (QED) is 0.695. The molecule has 1 aromatic heterocycles. The molecular formula is C20H23NO4S. The van der Waals surface area contributed by atoms with Gasteiger partial charge in [0.15, 0.2) is 0 Å². The van der Waals surface area contributed by atoms with Crippen LogP contribution in [-0.2, 0) is 5.75 Å². The second-order valence-electron chi connectivity index (χ2n) is 6.65. The van der Waals surface area contributed by atoms with E-state index in [4.69, 9.17) is 9.52 Å². The minimum absolute atomic E-state index is 0.0783. The summed E-state index contributed by atoms with van der Waals surface area (Å²) in [4.78, 5) is 24.7. The van der Waals surface area contributed by atoms with E-state index in [1.807, 2.05) is 18.2 Å². The van der Waals surface area contributed by atoms with Gasteiger partial charge in [-0.3, -0.25) is 4.79 Å². The van der Waals surface area contributed by atoms with E-state index >= 15 is 0 Å². The molecule has 1 atom stereocenters. The molecule has 1 aromatic carbocycles. The number of carboxylic acids is 1. The molecule has 1 unspecified atom stereocenters. The second-order valence-corrected chi connectivity index (χ2v) is 7.67. The topological polar surface area (TPSA) is 79.5 Å². The molecule has 2 aromatic rings. The molecule has 1 heterocycles. The third kappa shape index (κ3) is 4.30. The monoisotopic (exact) mass is 373 g/mol. The molecule has 3 rings (SSSR count). The minimum atomic E-state index is -1.01. The van der Waals surface area contributed by atoms with E-state index in [-0.39, 0.29) is 17.5 Å². The second kappa shape index (κ2) is 8.45. The lowest BCUT2D eigenvalue weighted by molar-refractivity contribution is 0.0694. The van der Waals surface area contributed by atoms with E-state index < -0.39 is 5.97 Å². The van der Waals surface area contributed by atoms with Gasteiger partial charge in [0.05, 0.1) is 17.6 Å². The number of carbonyl (C=O) groups excluding carboxylic acids is 1. The van der Waals surface area contributed by atoms with Gasteiger partial charge in [-0.1, -0.05) is 25.0 Å². The van der Waals surface area contributed by atoms with Crippen LogP contribution in [0.15, 0.2) is 45.9 Å². The number of hydrogen-bond acceptors (Lipinski definition) is 4. The molecule has 1 amide bonds. The van der Waals surface area contributed by atoms with Gasteiger partial charge in [-0.2, -0.15) is 0 Å². The van der Waals surface area contributed by atoms with Gasteiger partial charge in [0.25, 0.3) is 5.91 Å². The standard InChI is InChI=1S/C20H23NO4S/c1-13(14-6-2-3-7-14)21-19(22)16-8-4-5-9-18(16)26-12-17-15(20(23)24)10-11-25-17/h4-5,8-11,13-14H,2-3,6-7,12H2,1H3,(H,21,22)(H,23,24). The summed E-state index contributed by atoms with van der Waals surface area (Å²) in [5, 5.41) is 12.3. The van der Waals surface area contributed by atoms with Crippen LogP contribution in [0.3, 0.4) is 0 Å². The predicted molar refractivity (Wildman–Crippen MR) is 101 cm³/mol. The van der Waals surface area contributed by atoms with Crippen LogP contribution in [0.2, 0.25) is 0 Å². The van der Waals surface area contributed by atoms with E-state index in [9.17, 15) is 9.59 Å². The molecule has 0 radical (unpaired) electrons. The highest BCUT2D eigenvalue weighted by atomic mass is 32.2. The normalized spacial score (nSPS) is 15.7. The Hall–Kier alpha value is -2.21. The first kappa shape index (κ1) is 18.6. The summed E-state index contributed by atoms with van der Waals surface area (Å²) in [6, 6.07) is 9.00. The van der Waals surface area contributed by atoms with Gasteiger partial charge in [0.1, 0.15) is 11.3 Å². The molecular weight excluding hydrogens is 350 g/mol. The fourth-order valence-corrected chi connectivity index (χ4v) is 4.43. The van der Waals surface area contributed by atoms with E-state index in [1.165, 1.54) is 49.8 Å². The van der Waals surface area contributed by atoms with E-state index in [1.54, 1.807) is 6.07 Å². The van der Waals surface area contributed by atoms with Crippen molar-refractivity contribution in [2.75, 3.05) is 0 Å². The lowest BCUT2D eigenvalue weighted by atomic mass is 9.99. The highest BCUT2D eigenvalue weighted by molar-refractivity contribution is 7.98. The Labute approximate surface area is 157 Å². The molecule has 26 heavy (non-hydrogen) atoms. The predicted octanol–water partition coefficient (Wildman–Crippen LogP) is 4.58. The maximum Gasteiger partial charge on any atom is 0.339 e. The van der Waals surface area contributed by atoms with E-state index in [0.29, 0.717) is 23.0 Å². The van der Waals surface area contributed by atoms with Crippen molar-refractivity contribution in [2.45, 2.75) is 49.3 Å². The number of aromatic carboxylic acids is 1. The van der Waals surface area contributed by atoms with Crippen molar-refractivity contribution in [2.24, 2.45) is 5.92 Å². The summed E-state index contributed by atoms with van der Waals surface area (Å²) < 4.78 is 5.28. The Morgan fingerprint density at radius 1 is 1.23 bits per heavy atom. The number of rotatable bonds is 7. The summed E-state index contributed by atoms with van der Waals surface area (Å²) in [7, 11) is 0. The van der Waals surface area contributed by atoms with Crippen molar-refractivity contribution in [3.63, 3.8) is 0 Å². The molecule has 2 N–H and O–H groups in total. The van der Waals surface area contributed by atoms with Gasteiger partial charge in [-0.15, -0.1) is 11.8 Å². The molecule has 1 aliphatic rings. The van der Waals surface area contributed by atoms with Crippen molar-refractivity contribution in [3.8, 4) is 0 Å². The molecule has 5 nitrogen and oxygen atoms in total. The zero-order chi connectivity index (χ0) is 18.5. The van der Waals surface area contributed by atoms with Crippen LogP contribution in [0.1, 0.15) is 59.1 Å². The lowest BCUT2D eigenvalue weighted by Gasteiger charge is -2.21. The molecule has 0 aliphatic heterocycles. The highest BCUT2D eigenvalue weighted by Crippen LogP contribution is 2.30. The Morgan fingerprint density at radius 3 is 2.69 bits per heavy atom. The average Bonchev–Trinajstić information content (AvgIpc) is 3.31. The van der Waals surface area contributed by atoms with Crippen LogP contribution in [-0.4, -0.2) is 23.0 Å². The van der Waals surface area contributed by atoms with Gasteiger partial charge in [0.2, 0.25) is 0 Å². The maximum atomic E-state index is 12.7. The number of furan rings is 1. The number of carboxylic acid groups (broad SMARTS) is 1. The summed E-state index contributed by atoms with van der Waals surface area (Å²) in [5.41, 5.74) is 0.778. The summed E-state index contributed by atoms with van der Waals surface area (Å²) in [6.45, 7) is 2.08. The zero-order valence-corrected chi connectivity index (χ0v) is 15.6. The average molecular weight is 373 g/mol. The van der Waals surface area contributed by atoms with Gasteiger partial charge in [-0.25, -0.2) is 4.79 Å². The fourth-order valence-electron chi connectivity index (χ4n) is 3.43. The van der Waals surface area contributed by atoms with Crippen molar-refractivity contribution in [1.82, 2.24) is 5.32 Å². The largest absolute Gasteiger partial charge is 0.478 e. The fraction of sp³-hybridized carbons (Fsp3) is 0.400. The van der Waals surface area contributed by atoms with E-state index in [0.717, 1.165) is 4.90 Å². The van der Waals surface area contributed by atoms with Gasteiger partial charge in [0, 0.05) is 10.9 Å². The zero-order valence-electron chi connectivity index (χ0n) is 14.7. The number of thioether (sulfide) groups is 1. The first-order chi connectivity index (χ1) is 12.6. The molecule has 1 fully saturated rings. The third-order valence-corrected chi connectivity index (χ3v) is 6.01. The third-order valence-electron chi connectivity index (χ3n) is 4.93. The number of carbonyl (C=O) groups is 2. The molecule has 0 bridgehead atoms. The number of amides is 1. The molecule has 6 heteroatoms. The van der Waals surface area contributed by atoms with Crippen LogP contribution < -0.4 is 5.32 Å². The van der Waals surface area contributed by atoms with Crippen LogP contribution in [0, 0.1) is 5.92 Å². The van der Waals surface area contributed by atoms with Crippen molar-refractivity contribution < 1.29 is 19.1 Å². The van der Waals surface area contributed by atoms with Crippen molar-refractivity contribution >= 4 is 23.6 Å². The molecule has 138 valence electrons. The van der Waals surface area contributed by atoms with Gasteiger partial charge in [-0.05, 0) is 43.9 Å². The number of hydrogen-bond donors (Lipinski definition) is 2. The number of nitrogens with one attached hydrogen (secondary N) is 1. The molecule has 0 spiro atoms. The Bertz CT molecular complexity index is 780. The Balaban J connectivity index is 1.68. The maximum absolute atomic E-state index is 12.7. The van der Waals surface area contributed by atoms with Crippen LogP contribution >= 0.6 is 11.8 Å². The Morgan fingerprint density at radius 2 is 1.96 bits per heavy atom. The summed E-state index contributed by atoms with van der Waals surface area (Å²) >= 11 is 1.41. The molecule has 1 saturated carbocycles. The minimum Gasteiger partial charge on any atom is -0.478 e. The molecule has 0 saturated heterocycles. The van der Waals surface area contributed by atoms with Crippen molar-refractivity contribution in [3.05, 3.63) is 53.5 Å². The van der Waals surface area contributed by atoms with Crippen LogP contribution in [0.5, 0.6) is 0 Å². The van der Waals surface area contributed by atoms with Crippen molar-refractivity contribution in [1.29, 1.82) is 0 Å². The molecule has 1 aliphatic carbocycles. The van der Waals surface area contributed by atoms with Gasteiger partial charge < -0.3 is 14.8 Å². The highest BCUT2D eigenvalue weighted by Gasteiger charge is 2.24. The van der Waals surface area contributed by atoms with E-state index in [2.05, 4.69) is 12.2 Å². The summed E-state index contributed by atoms with van der Waals surface area (Å²) in [5.74, 6) is 0.227. The number of benzene rings is 1.